The molecule has 1 heterocycles. The van der Waals surface area contributed by atoms with Gasteiger partial charge in [-0.25, -0.2) is 4.98 Å². The van der Waals surface area contributed by atoms with Crippen LogP contribution in [0.3, 0.4) is 0 Å². The highest BCUT2D eigenvalue weighted by molar-refractivity contribution is 5.81. The standard InChI is InChI=1S/C12H14N2O/c1-8-4-11-12(5-9(8)2)14(7-13-11)6-10(3)15/h4-5,7H,6H2,1-3H3. The molecule has 0 fully saturated rings. The van der Waals surface area contributed by atoms with Crippen molar-refractivity contribution in [2.75, 3.05) is 0 Å². The van der Waals surface area contributed by atoms with Crippen molar-refractivity contribution in [2.24, 2.45) is 0 Å². The first-order chi connectivity index (χ1) is 7.08. The van der Waals surface area contributed by atoms with Crippen LogP contribution < -0.4 is 0 Å². The van der Waals surface area contributed by atoms with Crippen LogP contribution in [0.5, 0.6) is 0 Å². The maximum absolute atomic E-state index is 11.1. The maximum atomic E-state index is 11.1. The molecule has 0 unspecified atom stereocenters. The topological polar surface area (TPSA) is 34.9 Å². The molecule has 0 amide bonds. The molecule has 1 aromatic carbocycles. The zero-order valence-corrected chi connectivity index (χ0v) is 9.24. The molecule has 0 saturated heterocycles. The van der Waals surface area contributed by atoms with Crippen LogP contribution in [0.15, 0.2) is 18.5 Å². The number of carbonyl (C=O) groups is 1. The minimum atomic E-state index is 0.146. The fourth-order valence-electron chi connectivity index (χ4n) is 1.68. The average Bonchev–Trinajstić information content (AvgIpc) is 2.49. The van der Waals surface area contributed by atoms with E-state index in [1.54, 1.807) is 13.3 Å². The fraction of sp³-hybridized carbons (Fsp3) is 0.333. The monoisotopic (exact) mass is 202 g/mol. The Bertz CT molecular complexity index is 526. The second kappa shape index (κ2) is 3.50. The molecule has 0 saturated carbocycles. The third-order valence-electron chi connectivity index (χ3n) is 2.63. The van der Waals surface area contributed by atoms with Gasteiger partial charge in [-0.2, -0.15) is 0 Å². The lowest BCUT2D eigenvalue weighted by Gasteiger charge is -2.03. The Morgan fingerprint density at radius 2 is 2.00 bits per heavy atom. The van der Waals surface area contributed by atoms with Crippen molar-refractivity contribution in [2.45, 2.75) is 27.3 Å². The Kier molecular flexibility index (Phi) is 2.31. The van der Waals surface area contributed by atoms with Gasteiger partial charge in [0.25, 0.3) is 0 Å². The number of rotatable bonds is 2. The van der Waals surface area contributed by atoms with Crippen molar-refractivity contribution >= 4 is 16.8 Å². The number of carbonyl (C=O) groups excluding carboxylic acids is 1. The van der Waals surface area contributed by atoms with Crippen molar-refractivity contribution < 1.29 is 4.79 Å². The van der Waals surface area contributed by atoms with Gasteiger partial charge in [0, 0.05) is 0 Å². The van der Waals surface area contributed by atoms with Crippen molar-refractivity contribution in [1.29, 1.82) is 0 Å². The van der Waals surface area contributed by atoms with E-state index >= 15 is 0 Å². The van der Waals surface area contributed by atoms with Gasteiger partial charge >= 0.3 is 0 Å². The highest BCUT2D eigenvalue weighted by atomic mass is 16.1. The quantitative estimate of drug-likeness (QED) is 0.748. The van der Waals surface area contributed by atoms with E-state index < -0.39 is 0 Å². The Morgan fingerprint density at radius 1 is 1.33 bits per heavy atom. The Balaban J connectivity index is 2.59. The number of Topliss-reactive ketones (excluding diaryl/α,β-unsaturated/α-hetero) is 1. The average molecular weight is 202 g/mol. The third kappa shape index (κ3) is 1.77. The van der Waals surface area contributed by atoms with Crippen molar-refractivity contribution in [1.82, 2.24) is 9.55 Å². The van der Waals surface area contributed by atoms with E-state index in [2.05, 4.69) is 31.0 Å². The van der Waals surface area contributed by atoms with Crippen LogP contribution in [0, 0.1) is 13.8 Å². The Hall–Kier alpha value is -1.64. The molecule has 2 aromatic rings. The predicted octanol–water partition coefficient (Wildman–Crippen LogP) is 2.24. The summed E-state index contributed by atoms with van der Waals surface area (Å²) in [6.45, 7) is 6.13. The first kappa shape index (κ1) is 9.90. The van der Waals surface area contributed by atoms with Crippen molar-refractivity contribution in [3.63, 3.8) is 0 Å². The molecule has 0 aliphatic rings. The lowest BCUT2D eigenvalue weighted by atomic mass is 10.1. The lowest BCUT2D eigenvalue weighted by molar-refractivity contribution is -0.117. The Morgan fingerprint density at radius 3 is 2.67 bits per heavy atom. The van der Waals surface area contributed by atoms with E-state index in [9.17, 15) is 4.79 Å². The number of ketones is 1. The largest absolute Gasteiger partial charge is 0.323 e. The number of fused-ring (bicyclic) bond motifs is 1. The smallest absolute Gasteiger partial charge is 0.149 e. The van der Waals surface area contributed by atoms with E-state index in [0.29, 0.717) is 6.54 Å². The number of hydrogen-bond acceptors (Lipinski definition) is 2. The molecule has 78 valence electrons. The van der Waals surface area contributed by atoms with Crippen LogP contribution in [0.25, 0.3) is 11.0 Å². The van der Waals surface area contributed by atoms with Gasteiger partial charge in [0.05, 0.1) is 23.9 Å². The van der Waals surface area contributed by atoms with Crippen LogP contribution in [0.4, 0.5) is 0 Å². The second-order valence-electron chi connectivity index (χ2n) is 4.00. The number of nitrogens with zero attached hydrogens (tertiary/aromatic N) is 2. The first-order valence-corrected chi connectivity index (χ1v) is 4.99. The molecule has 1 aromatic heterocycles. The van der Waals surface area contributed by atoms with Crippen LogP contribution >= 0.6 is 0 Å². The molecule has 0 radical (unpaired) electrons. The highest BCUT2D eigenvalue weighted by Crippen LogP contribution is 2.18. The van der Waals surface area contributed by atoms with Gasteiger partial charge < -0.3 is 4.57 Å². The summed E-state index contributed by atoms with van der Waals surface area (Å²) in [6.07, 6.45) is 1.73. The molecular formula is C12H14N2O. The van der Waals surface area contributed by atoms with Crippen molar-refractivity contribution in [3.8, 4) is 0 Å². The van der Waals surface area contributed by atoms with Gasteiger partial charge in [-0.3, -0.25) is 4.79 Å². The van der Waals surface area contributed by atoms with Gasteiger partial charge in [0.1, 0.15) is 5.78 Å². The summed E-state index contributed by atoms with van der Waals surface area (Å²) in [5.41, 5.74) is 4.45. The molecule has 0 aliphatic carbocycles. The number of aryl methyl sites for hydroxylation is 2. The van der Waals surface area contributed by atoms with Gasteiger partial charge in [0.15, 0.2) is 0 Å². The van der Waals surface area contributed by atoms with Crippen molar-refractivity contribution in [3.05, 3.63) is 29.6 Å². The second-order valence-corrected chi connectivity index (χ2v) is 4.00. The zero-order valence-electron chi connectivity index (χ0n) is 9.24. The summed E-state index contributed by atoms with van der Waals surface area (Å²) in [6, 6.07) is 4.14. The molecule has 0 atom stereocenters. The predicted molar refractivity (Wildman–Crippen MR) is 59.9 cm³/mol. The summed E-state index contributed by atoms with van der Waals surface area (Å²) < 4.78 is 1.89. The van der Waals surface area contributed by atoms with Gasteiger partial charge in [0.2, 0.25) is 0 Å². The number of imidazole rings is 1. The summed E-state index contributed by atoms with van der Waals surface area (Å²) >= 11 is 0. The molecule has 2 rings (SSSR count). The van der Waals surface area contributed by atoms with Gasteiger partial charge in [-0.15, -0.1) is 0 Å². The summed E-state index contributed by atoms with van der Waals surface area (Å²) in [5.74, 6) is 0.146. The molecule has 0 N–H and O–H groups in total. The fourth-order valence-corrected chi connectivity index (χ4v) is 1.68. The highest BCUT2D eigenvalue weighted by Gasteiger charge is 2.05. The van der Waals surface area contributed by atoms with Crippen LogP contribution in [-0.4, -0.2) is 15.3 Å². The lowest BCUT2D eigenvalue weighted by Crippen LogP contribution is -2.04. The van der Waals surface area contributed by atoms with E-state index in [0.717, 1.165) is 11.0 Å². The molecular weight excluding hydrogens is 188 g/mol. The number of hydrogen-bond donors (Lipinski definition) is 0. The number of aromatic nitrogens is 2. The minimum Gasteiger partial charge on any atom is -0.323 e. The molecule has 0 aliphatic heterocycles. The maximum Gasteiger partial charge on any atom is 0.149 e. The third-order valence-corrected chi connectivity index (χ3v) is 2.63. The summed E-state index contributed by atoms with van der Waals surface area (Å²) in [5, 5.41) is 0. The van der Waals surface area contributed by atoms with Gasteiger partial charge in [-0.05, 0) is 44.0 Å². The molecule has 15 heavy (non-hydrogen) atoms. The molecule has 3 nitrogen and oxygen atoms in total. The normalized spacial score (nSPS) is 10.9. The van der Waals surface area contributed by atoms with Crippen LogP contribution in [-0.2, 0) is 11.3 Å². The molecule has 0 bridgehead atoms. The van der Waals surface area contributed by atoms with Crippen LogP contribution in [0.2, 0.25) is 0 Å². The Labute approximate surface area is 88.7 Å². The summed E-state index contributed by atoms with van der Waals surface area (Å²) in [4.78, 5) is 15.3. The SMILES string of the molecule is CC(=O)Cn1cnc2cc(C)c(C)cc21. The minimum absolute atomic E-state index is 0.146. The molecule has 0 spiro atoms. The van der Waals surface area contributed by atoms with E-state index in [1.807, 2.05) is 4.57 Å². The summed E-state index contributed by atoms with van der Waals surface area (Å²) in [7, 11) is 0. The first-order valence-electron chi connectivity index (χ1n) is 4.99. The number of benzene rings is 1. The zero-order chi connectivity index (χ0) is 11.0. The van der Waals surface area contributed by atoms with Gasteiger partial charge in [-0.1, -0.05) is 0 Å². The van der Waals surface area contributed by atoms with E-state index in [4.69, 9.17) is 0 Å². The molecule has 3 heteroatoms. The van der Waals surface area contributed by atoms with Crippen LogP contribution in [0.1, 0.15) is 18.1 Å². The van der Waals surface area contributed by atoms with E-state index in [1.165, 1.54) is 11.1 Å². The van der Waals surface area contributed by atoms with E-state index in [-0.39, 0.29) is 5.78 Å².